The topological polar surface area (TPSA) is 165 Å². The van der Waals surface area contributed by atoms with Gasteiger partial charge in [-0.15, -0.1) is 0 Å². The summed E-state index contributed by atoms with van der Waals surface area (Å²) in [5, 5.41) is 17.6. The number of hydrogen-bond acceptors (Lipinski definition) is 9. The van der Waals surface area contributed by atoms with Gasteiger partial charge < -0.3 is 24.6 Å². The van der Waals surface area contributed by atoms with Crippen molar-refractivity contribution in [3.63, 3.8) is 0 Å². The summed E-state index contributed by atoms with van der Waals surface area (Å²) in [6.07, 6.45) is -2.31. The van der Waals surface area contributed by atoms with Gasteiger partial charge in [0.2, 0.25) is 11.9 Å². The van der Waals surface area contributed by atoms with Crippen LogP contribution >= 0.6 is 0 Å². The van der Waals surface area contributed by atoms with Gasteiger partial charge >= 0.3 is 18.2 Å². The van der Waals surface area contributed by atoms with E-state index in [2.05, 4.69) is 20.9 Å². The Balaban J connectivity index is 3.27. The van der Waals surface area contributed by atoms with Gasteiger partial charge in [0.15, 0.2) is 0 Å². The number of guanidine groups is 1. The number of nitrogens with zero attached hydrogens (tertiary/aromatic N) is 1. The zero-order chi connectivity index (χ0) is 26.3. The summed E-state index contributed by atoms with van der Waals surface area (Å²) in [7, 11) is 0. The van der Waals surface area contributed by atoms with Crippen molar-refractivity contribution in [2.45, 2.75) is 97.6 Å². The van der Waals surface area contributed by atoms with E-state index in [0.717, 1.165) is 0 Å². The lowest BCUT2D eigenvalue weighted by Crippen LogP contribution is -2.50. The van der Waals surface area contributed by atoms with Crippen LogP contribution in [0.4, 0.5) is 9.59 Å². The lowest BCUT2D eigenvalue weighted by Gasteiger charge is -2.26. The number of alkyl carbamates (subject to hydrolysis) is 2. The van der Waals surface area contributed by atoms with Crippen molar-refractivity contribution < 1.29 is 38.5 Å². The van der Waals surface area contributed by atoms with E-state index in [4.69, 9.17) is 14.2 Å². The standard InChI is InChI=1S/C22H38N4O8/c1-9-32-17(29)16(23-12(2)27)14-10-13(28)11-15(14)24-18(25-19(30)33-21(3,4)5)26-20(31)34-22(6,7)8/h13-16,28H,9-11H2,1-8H3,(H,23,27)(H2,24,25,26,30,31)/t13?,14-,15+,16?/m1/s1. The smallest absolute Gasteiger partial charge is 0.414 e. The van der Waals surface area contributed by atoms with Gasteiger partial charge in [0, 0.05) is 12.8 Å². The summed E-state index contributed by atoms with van der Waals surface area (Å²) >= 11 is 0. The second kappa shape index (κ2) is 12.0. The van der Waals surface area contributed by atoms with Crippen LogP contribution in [-0.4, -0.2) is 71.1 Å². The SMILES string of the molecule is CCOC(=O)C(NC(C)=O)[C@@H]1CC(O)C[C@@H]1N=C(NC(=O)OC(C)(C)C)NC(=O)OC(C)(C)C. The molecule has 194 valence electrons. The van der Waals surface area contributed by atoms with Gasteiger partial charge in [-0.05, 0) is 61.3 Å². The number of aliphatic imine (C=N–C) groups is 1. The molecule has 12 heteroatoms. The quantitative estimate of drug-likeness (QED) is 0.197. The summed E-state index contributed by atoms with van der Waals surface area (Å²) in [5.41, 5.74) is -1.62. The highest BCUT2D eigenvalue weighted by atomic mass is 16.6. The Morgan fingerprint density at radius 2 is 1.47 bits per heavy atom. The third-order valence-electron chi connectivity index (χ3n) is 4.41. The molecule has 0 aromatic carbocycles. The maximum absolute atomic E-state index is 12.5. The van der Waals surface area contributed by atoms with Crippen LogP contribution in [-0.2, 0) is 23.8 Å². The van der Waals surface area contributed by atoms with Gasteiger partial charge in [0.1, 0.15) is 17.2 Å². The molecule has 12 nitrogen and oxygen atoms in total. The average Bonchev–Trinajstić information content (AvgIpc) is 2.95. The fourth-order valence-corrected chi connectivity index (χ4v) is 3.38. The first kappa shape index (κ1) is 29.1. The monoisotopic (exact) mass is 486 g/mol. The third-order valence-corrected chi connectivity index (χ3v) is 4.41. The van der Waals surface area contributed by atoms with Crippen LogP contribution < -0.4 is 16.0 Å². The van der Waals surface area contributed by atoms with Crippen LogP contribution in [0.1, 0.15) is 68.2 Å². The predicted octanol–water partition coefficient (Wildman–Crippen LogP) is 1.60. The van der Waals surface area contributed by atoms with E-state index in [1.54, 1.807) is 48.5 Å². The van der Waals surface area contributed by atoms with Gasteiger partial charge in [-0.1, -0.05) is 0 Å². The lowest BCUT2D eigenvalue weighted by molar-refractivity contribution is -0.149. The molecule has 0 aromatic heterocycles. The van der Waals surface area contributed by atoms with Crippen LogP contribution in [0.15, 0.2) is 4.99 Å². The minimum atomic E-state index is -1.08. The molecule has 1 rings (SSSR count). The lowest BCUT2D eigenvalue weighted by atomic mass is 9.94. The van der Waals surface area contributed by atoms with E-state index in [1.165, 1.54) is 6.92 Å². The Morgan fingerprint density at radius 1 is 0.971 bits per heavy atom. The molecular weight excluding hydrogens is 448 g/mol. The molecule has 4 N–H and O–H groups in total. The van der Waals surface area contributed by atoms with Crippen LogP contribution in [0.5, 0.6) is 0 Å². The number of aliphatic hydroxyl groups excluding tert-OH is 1. The summed E-state index contributed by atoms with van der Waals surface area (Å²) in [5.74, 6) is -2.06. The van der Waals surface area contributed by atoms with Crippen molar-refractivity contribution in [1.29, 1.82) is 0 Å². The number of aliphatic hydroxyl groups is 1. The Kier molecular flexibility index (Phi) is 10.3. The van der Waals surface area contributed by atoms with E-state index in [0.29, 0.717) is 0 Å². The average molecular weight is 487 g/mol. The molecule has 1 aliphatic carbocycles. The van der Waals surface area contributed by atoms with E-state index in [9.17, 15) is 24.3 Å². The number of rotatable bonds is 5. The zero-order valence-corrected chi connectivity index (χ0v) is 21.2. The van der Waals surface area contributed by atoms with E-state index in [-0.39, 0.29) is 25.4 Å². The third kappa shape index (κ3) is 10.8. The number of esters is 1. The highest BCUT2D eigenvalue weighted by Crippen LogP contribution is 2.32. The van der Waals surface area contributed by atoms with Crippen LogP contribution in [0, 0.1) is 5.92 Å². The van der Waals surface area contributed by atoms with Crippen molar-refractivity contribution in [3.8, 4) is 0 Å². The van der Waals surface area contributed by atoms with Crippen molar-refractivity contribution in [2.24, 2.45) is 10.9 Å². The molecule has 0 aliphatic heterocycles. The summed E-state index contributed by atoms with van der Waals surface area (Å²) in [6, 6.07) is -1.83. The second-order valence-corrected chi connectivity index (χ2v) is 10.0. The molecule has 0 bridgehead atoms. The fourth-order valence-electron chi connectivity index (χ4n) is 3.38. The molecule has 0 spiro atoms. The van der Waals surface area contributed by atoms with Crippen LogP contribution in [0.25, 0.3) is 0 Å². The normalized spacial score (nSPS) is 21.0. The summed E-state index contributed by atoms with van der Waals surface area (Å²) < 4.78 is 15.5. The zero-order valence-electron chi connectivity index (χ0n) is 21.2. The number of carbonyl (C=O) groups is 4. The number of hydrogen-bond donors (Lipinski definition) is 4. The number of ether oxygens (including phenoxy) is 3. The Hall–Kier alpha value is -2.89. The molecule has 3 amide bonds. The number of carbonyl (C=O) groups excluding carboxylic acids is 4. The molecule has 0 heterocycles. The molecule has 1 aliphatic rings. The predicted molar refractivity (Wildman–Crippen MR) is 123 cm³/mol. The second-order valence-electron chi connectivity index (χ2n) is 10.0. The van der Waals surface area contributed by atoms with Crippen molar-refractivity contribution in [2.75, 3.05) is 6.61 Å². The molecule has 1 fully saturated rings. The molecule has 0 radical (unpaired) electrons. The van der Waals surface area contributed by atoms with E-state index in [1.807, 2.05) is 0 Å². The molecule has 0 aromatic rings. The first-order chi connectivity index (χ1) is 15.5. The molecule has 2 unspecified atom stereocenters. The first-order valence-corrected chi connectivity index (χ1v) is 11.2. The largest absolute Gasteiger partial charge is 0.464 e. The fraction of sp³-hybridized carbons (Fsp3) is 0.773. The van der Waals surface area contributed by atoms with Crippen molar-refractivity contribution in [1.82, 2.24) is 16.0 Å². The molecule has 34 heavy (non-hydrogen) atoms. The van der Waals surface area contributed by atoms with Gasteiger partial charge in [-0.25, -0.2) is 19.4 Å². The van der Waals surface area contributed by atoms with Gasteiger partial charge in [-0.3, -0.25) is 15.4 Å². The van der Waals surface area contributed by atoms with Gasteiger partial charge in [0.05, 0.1) is 18.8 Å². The highest BCUT2D eigenvalue weighted by molar-refractivity contribution is 6.01. The summed E-state index contributed by atoms with van der Waals surface area (Å²) in [6.45, 7) is 13.0. The molecule has 4 atom stereocenters. The maximum Gasteiger partial charge on any atom is 0.414 e. The Bertz CT molecular complexity index is 753. The van der Waals surface area contributed by atoms with E-state index >= 15 is 0 Å². The van der Waals surface area contributed by atoms with Crippen LogP contribution in [0.3, 0.4) is 0 Å². The maximum atomic E-state index is 12.5. The van der Waals surface area contributed by atoms with E-state index < -0.39 is 59.4 Å². The van der Waals surface area contributed by atoms with Gasteiger partial charge in [-0.2, -0.15) is 0 Å². The number of amides is 3. The Labute approximate surface area is 200 Å². The van der Waals surface area contributed by atoms with Crippen LogP contribution in [0.2, 0.25) is 0 Å². The summed E-state index contributed by atoms with van der Waals surface area (Å²) in [4.78, 5) is 53.3. The molecular formula is C22H38N4O8. The molecule has 0 saturated heterocycles. The highest BCUT2D eigenvalue weighted by Gasteiger charge is 2.43. The first-order valence-electron chi connectivity index (χ1n) is 11.2. The number of nitrogens with one attached hydrogen (secondary N) is 3. The van der Waals surface area contributed by atoms with Crippen molar-refractivity contribution in [3.05, 3.63) is 0 Å². The minimum absolute atomic E-state index is 0.101. The Morgan fingerprint density at radius 3 is 1.88 bits per heavy atom. The van der Waals surface area contributed by atoms with Gasteiger partial charge in [0.25, 0.3) is 0 Å². The van der Waals surface area contributed by atoms with Crippen molar-refractivity contribution >= 4 is 30.0 Å². The minimum Gasteiger partial charge on any atom is -0.464 e. The molecule has 1 saturated carbocycles.